The summed E-state index contributed by atoms with van der Waals surface area (Å²) >= 11 is 0. The highest BCUT2D eigenvalue weighted by Gasteiger charge is 2.68. The van der Waals surface area contributed by atoms with Gasteiger partial charge in [-0.1, -0.05) is 18.2 Å². The zero-order chi connectivity index (χ0) is 24.8. The lowest BCUT2D eigenvalue weighted by Crippen LogP contribution is -2.37. The summed E-state index contributed by atoms with van der Waals surface area (Å²) in [5.74, 6) is -2.35. The molecular weight excluding hydrogens is 472 g/mol. The molecule has 1 aliphatic rings. The molecule has 0 atom stereocenters. The summed E-state index contributed by atoms with van der Waals surface area (Å²) in [4.78, 5) is 24.1. The van der Waals surface area contributed by atoms with Gasteiger partial charge in [-0.3, -0.25) is 9.48 Å². The molecule has 9 nitrogen and oxygen atoms in total. The van der Waals surface area contributed by atoms with E-state index in [9.17, 15) is 27.5 Å². The number of anilines is 1. The first-order valence-corrected chi connectivity index (χ1v) is 10.3. The fourth-order valence-electron chi connectivity index (χ4n) is 3.55. The molecule has 1 aliphatic carbocycles. The van der Waals surface area contributed by atoms with E-state index in [1.807, 2.05) is 5.32 Å². The van der Waals surface area contributed by atoms with E-state index in [2.05, 4.69) is 20.1 Å². The number of hydrogen-bond acceptors (Lipinski definition) is 7. The summed E-state index contributed by atoms with van der Waals surface area (Å²) in [5, 5.41) is 16.7. The van der Waals surface area contributed by atoms with E-state index >= 15 is 0 Å². The van der Waals surface area contributed by atoms with Gasteiger partial charge in [0, 0.05) is 11.6 Å². The van der Waals surface area contributed by atoms with Crippen molar-refractivity contribution in [2.75, 3.05) is 5.32 Å². The lowest BCUT2D eigenvalue weighted by Gasteiger charge is -2.18. The van der Waals surface area contributed by atoms with Crippen molar-refractivity contribution in [2.45, 2.75) is 25.6 Å². The Bertz CT molecular complexity index is 1400. The van der Waals surface area contributed by atoms with Crippen LogP contribution in [0.5, 0.6) is 5.88 Å². The standard InChI is InChI=1S/C22H16F4N6O3/c23-13-4-2-1-3-12(13)11-32-16(19-27-7-8-35-19)9-14(31-32)17-28-10-15(18(33)30-17)29-20(34)21(5-6-21)22(24,25)26/h1-4,7-10H,5-6,11H2,(H,29,34)(H,28,30,33). The molecule has 5 rings (SSSR count). The van der Waals surface area contributed by atoms with Crippen molar-refractivity contribution in [2.24, 2.45) is 5.41 Å². The van der Waals surface area contributed by atoms with Crippen molar-refractivity contribution in [3.05, 3.63) is 60.4 Å². The SMILES string of the molecule is O=C(Nc1cnc(-c2cc(-c3ncco3)n(Cc3ccccc3F)n2)nc1O)C1(C(F)(F)F)CC1. The van der Waals surface area contributed by atoms with Gasteiger partial charge in [-0.25, -0.2) is 14.4 Å². The van der Waals surface area contributed by atoms with E-state index in [1.54, 1.807) is 18.2 Å². The molecule has 1 fully saturated rings. The van der Waals surface area contributed by atoms with Gasteiger partial charge in [-0.05, 0) is 18.9 Å². The quantitative estimate of drug-likeness (QED) is 0.391. The van der Waals surface area contributed by atoms with E-state index in [-0.39, 0.29) is 42.5 Å². The highest BCUT2D eigenvalue weighted by Crippen LogP contribution is 2.58. The predicted octanol–water partition coefficient (Wildman–Crippen LogP) is 4.17. The third-order valence-electron chi connectivity index (χ3n) is 5.68. The first-order valence-electron chi connectivity index (χ1n) is 10.3. The second-order valence-electron chi connectivity index (χ2n) is 7.97. The number of oxazole rings is 1. The Balaban J connectivity index is 1.44. The van der Waals surface area contributed by atoms with Gasteiger partial charge in [-0.15, -0.1) is 0 Å². The third kappa shape index (κ3) is 4.09. The van der Waals surface area contributed by atoms with E-state index < -0.39 is 29.2 Å². The molecule has 4 aromatic rings. The molecule has 0 saturated heterocycles. The van der Waals surface area contributed by atoms with E-state index in [1.165, 1.54) is 29.3 Å². The number of benzene rings is 1. The van der Waals surface area contributed by atoms with Crippen molar-refractivity contribution in [1.82, 2.24) is 24.7 Å². The number of rotatable bonds is 6. The molecule has 0 bridgehead atoms. The van der Waals surface area contributed by atoms with Crippen molar-refractivity contribution < 1.29 is 31.9 Å². The molecular formula is C22H16F4N6O3. The average Bonchev–Trinajstić information content (AvgIpc) is 3.28. The molecule has 13 heteroatoms. The lowest BCUT2D eigenvalue weighted by atomic mass is 10.1. The normalized spacial score (nSPS) is 14.6. The first-order chi connectivity index (χ1) is 16.7. The van der Waals surface area contributed by atoms with Crippen LogP contribution < -0.4 is 5.32 Å². The average molecular weight is 488 g/mol. The monoisotopic (exact) mass is 488 g/mol. The van der Waals surface area contributed by atoms with Crippen LogP contribution in [0.4, 0.5) is 23.2 Å². The van der Waals surface area contributed by atoms with Crippen LogP contribution in [0.2, 0.25) is 0 Å². The fraction of sp³-hybridized carbons (Fsp3) is 0.227. The lowest BCUT2D eigenvalue weighted by molar-refractivity contribution is -0.189. The fourth-order valence-corrected chi connectivity index (χ4v) is 3.55. The second-order valence-corrected chi connectivity index (χ2v) is 7.97. The van der Waals surface area contributed by atoms with Crippen LogP contribution in [0.25, 0.3) is 23.1 Å². The van der Waals surface area contributed by atoms with Gasteiger partial charge in [0.05, 0.1) is 18.9 Å². The number of hydrogen-bond donors (Lipinski definition) is 2. The Morgan fingerprint density at radius 2 is 2.00 bits per heavy atom. The van der Waals surface area contributed by atoms with Gasteiger partial charge in [0.2, 0.25) is 17.7 Å². The molecule has 1 aromatic carbocycles. The maximum Gasteiger partial charge on any atom is 0.403 e. The number of amides is 1. The number of aromatic nitrogens is 5. The Kier molecular flexibility index (Phi) is 5.26. The summed E-state index contributed by atoms with van der Waals surface area (Å²) in [6.07, 6.45) is -1.60. The van der Waals surface area contributed by atoms with Gasteiger partial charge >= 0.3 is 6.18 Å². The second kappa shape index (κ2) is 8.18. The molecule has 0 aliphatic heterocycles. The maximum absolute atomic E-state index is 14.2. The van der Waals surface area contributed by atoms with Gasteiger partial charge < -0.3 is 14.8 Å². The Morgan fingerprint density at radius 1 is 1.23 bits per heavy atom. The van der Waals surface area contributed by atoms with Crippen LogP contribution in [0.3, 0.4) is 0 Å². The number of carbonyl (C=O) groups excluding carboxylic acids is 1. The highest BCUT2D eigenvalue weighted by molar-refractivity contribution is 5.98. The Morgan fingerprint density at radius 3 is 2.63 bits per heavy atom. The van der Waals surface area contributed by atoms with Crippen molar-refractivity contribution in [3.8, 4) is 29.0 Å². The summed E-state index contributed by atoms with van der Waals surface area (Å²) < 4.78 is 60.5. The smallest absolute Gasteiger partial charge is 0.403 e. The van der Waals surface area contributed by atoms with Gasteiger partial charge in [0.15, 0.2) is 5.82 Å². The minimum absolute atomic E-state index is 0.0179. The van der Waals surface area contributed by atoms with Gasteiger partial charge in [0.1, 0.15) is 34.6 Å². The molecule has 0 unspecified atom stereocenters. The predicted molar refractivity (Wildman–Crippen MR) is 112 cm³/mol. The molecule has 3 heterocycles. The van der Waals surface area contributed by atoms with Crippen molar-refractivity contribution >= 4 is 11.6 Å². The summed E-state index contributed by atoms with van der Waals surface area (Å²) in [6.45, 7) is 0.0179. The van der Waals surface area contributed by atoms with Crippen LogP contribution in [0, 0.1) is 11.2 Å². The zero-order valence-electron chi connectivity index (χ0n) is 17.8. The summed E-state index contributed by atoms with van der Waals surface area (Å²) in [7, 11) is 0. The summed E-state index contributed by atoms with van der Waals surface area (Å²) in [5.41, 5.74) is -1.97. The van der Waals surface area contributed by atoms with Gasteiger partial charge in [-0.2, -0.15) is 23.3 Å². The molecule has 3 aromatic heterocycles. The Hall–Kier alpha value is -4.29. The van der Waals surface area contributed by atoms with Crippen LogP contribution >= 0.6 is 0 Å². The molecule has 180 valence electrons. The number of nitrogens with zero attached hydrogens (tertiary/aromatic N) is 5. The molecule has 0 radical (unpaired) electrons. The topological polar surface area (TPSA) is 119 Å². The molecule has 0 spiro atoms. The number of carbonyl (C=O) groups is 1. The molecule has 2 N–H and O–H groups in total. The zero-order valence-corrected chi connectivity index (χ0v) is 17.8. The first kappa shape index (κ1) is 22.5. The van der Waals surface area contributed by atoms with E-state index in [0.29, 0.717) is 11.3 Å². The third-order valence-corrected chi connectivity index (χ3v) is 5.68. The van der Waals surface area contributed by atoms with Crippen LogP contribution in [0.15, 0.2) is 53.4 Å². The minimum Gasteiger partial charge on any atom is -0.492 e. The molecule has 35 heavy (non-hydrogen) atoms. The highest BCUT2D eigenvalue weighted by atomic mass is 19.4. The number of halogens is 4. The van der Waals surface area contributed by atoms with E-state index in [4.69, 9.17) is 4.42 Å². The van der Waals surface area contributed by atoms with Gasteiger partial charge in [0.25, 0.3) is 0 Å². The van der Waals surface area contributed by atoms with Crippen molar-refractivity contribution in [1.29, 1.82) is 0 Å². The number of nitrogens with one attached hydrogen (secondary N) is 1. The van der Waals surface area contributed by atoms with E-state index in [0.717, 1.165) is 6.20 Å². The Labute approximate surface area is 194 Å². The maximum atomic E-state index is 14.2. The van der Waals surface area contributed by atoms with Crippen molar-refractivity contribution in [3.63, 3.8) is 0 Å². The molecule has 1 amide bonds. The number of aromatic hydroxyl groups is 1. The summed E-state index contributed by atoms with van der Waals surface area (Å²) in [6, 6.07) is 7.63. The number of alkyl halides is 3. The van der Waals surface area contributed by atoms with Crippen LogP contribution in [-0.4, -0.2) is 41.9 Å². The molecule has 1 saturated carbocycles. The largest absolute Gasteiger partial charge is 0.492 e. The van der Waals surface area contributed by atoms with Crippen LogP contribution in [-0.2, 0) is 11.3 Å². The van der Waals surface area contributed by atoms with Crippen LogP contribution in [0.1, 0.15) is 18.4 Å². The minimum atomic E-state index is -4.70.